The van der Waals surface area contributed by atoms with E-state index in [1.165, 1.54) is 0 Å². The fraction of sp³-hybridized carbons (Fsp3) is 0.333. The summed E-state index contributed by atoms with van der Waals surface area (Å²) in [7, 11) is 0. The molecule has 0 fully saturated rings. The first kappa shape index (κ1) is 10.9. The van der Waals surface area contributed by atoms with Gasteiger partial charge in [-0.3, -0.25) is 0 Å². The van der Waals surface area contributed by atoms with E-state index in [0.29, 0.717) is 13.0 Å². The van der Waals surface area contributed by atoms with Gasteiger partial charge >= 0.3 is 0 Å². The molecule has 1 nitrogen and oxygen atoms in total. The van der Waals surface area contributed by atoms with Crippen molar-refractivity contribution < 1.29 is 4.74 Å². The molecule has 0 aliphatic heterocycles. The van der Waals surface area contributed by atoms with Crippen LogP contribution in [0.3, 0.4) is 0 Å². The van der Waals surface area contributed by atoms with Crippen molar-refractivity contribution in [1.29, 1.82) is 0 Å². The summed E-state index contributed by atoms with van der Waals surface area (Å²) in [6.45, 7) is 2.62. The summed E-state index contributed by atoms with van der Waals surface area (Å²) in [5.74, 6) is 3.49. The molecule has 0 unspecified atom stereocenters. The standard InChI is InChI=1S/C12H13ClO/c1-3-5-6-10-9-11(13)7-8-12(10)14-4-2/h1,7-9H,4-6H2,2H3. The van der Waals surface area contributed by atoms with E-state index in [4.69, 9.17) is 22.8 Å². The zero-order valence-corrected chi connectivity index (χ0v) is 8.97. The maximum atomic E-state index is 5.89. The molecule has 1 aromatic carbocycles. The third-order valence-electron chi connectivity index (χ3n) is 1.86. The summed E-state index contributed by atoms with van der Waals surface area (Å²) >= 11 is 5.89. The van der Waals surface area contributed by atoms with Gasteiger partial charge in [-0.15, -0.1) is 12.3 Å². The van der Waals surface area contributed by atoms with Crippen LogP contribution in [0.1, 0.15) is 18.9 Å². The molecule has 74 valence electrons. The van der Waals surface area contributed by atoms with Gasteiger partial charge in [0.1, 0.15) is 5.75 Å². The number of hydrogen-bond donors (Lipinski definition) is 0. The van der Waals surface area contributed by atoms with Crippen LogP contribution in [-0.4, -0.2) is 6.61 Å². The largest absolute Gasteiger partial charge is 0.494 e. The Hall–Kier alpha value is -1.13. The number of benzene rings is 1. The quantitative estimate of drug-likeness (QED) is 0.690. The number of hydrogen-bond acceptors (Lipinski definition) is 1. The van der Waals surface area contributed by atoms with Crippen molar-refractivity contribution >= 4 is 11.6 Å². The number of terminal acetylenes is 1. The summed E-state index contributed by atoms with van der Waals surface area (Å²) in [5, 5.41) is 0.723. The summed E-state index contributed by atoms with van der Waals surface area (Å²) in [4.78, 5) is 0. The summed E-state index contributed by atoms with van der Waals surface area (Å²) in [6, 6.07) is 5.62. The van der Waals surface area contributed by atoms with E-state index in [2.05, 4.69) is 5.92 Å². The molecule has 0 N–H and O–H groups in total. The van der Waals surface area contributed by atoms with Gasteiger partial charge in [-0.05, 0) is 37.1 Å². The van der Waals surface area contributed by atoms with Crippen molar-refractivity contribution in [2.75, 3.05) is 6.61 Å². The molecule has 1 aromatic rings. The summed E-state index contributed by atoms with van der Waals surface area (Å²) in [6.07, 6.45) is 6.74. The molecule has 0 saturated heterocycles. The molecule has 0 radical (unpaired) electrons. The third kappa shape index (κ3) is 2.97. The van der Waals surface area contributed by atoms with Gasteiger partial charge in [-0.1, -0.05) is 11.6 Å². The molecule has 0 aromatic heterocycles. The van der Waals surface area contributed by atoms with Gasteiger partial charge in [0.05, 0.1) is 6.61 Å². The lowest BCUT2D eigenvalue weighted by molar-refractivity contribution is 0.336. The van der Waals surface area contributed by atoms with Crippen molar-refractivity contribution in [3.05, 3.63) is 28.8 Å². The normalized spacial score (nSPS) is 9.50. The van der Waals surface area contributed by atoms with Crippen molar-refractivity contribution in [1.82, 2.24) is 0 Å². The number of ether oxygens (including phenoxy) is 1. The van der Waals surface area contributed by atoms with Crippen LogP contribution in [0, 0.1) is 12.3 Å². The highest BCUT2D eigenvalue weighted by atomic mass is 35.5. The van der Waals surface area contributed by atoms with Crippen LogP contribution in [-0.2, 0) is 6.42 Å². The molecule has 1 rings (SSSR count). The van der Waals surface area contributed by atoms with Crippen LogP contribution in [0.2, 0.25) is 5.02 Å². The Bertz CT molecular complexity index is 339. The van der Waals surface area contributed by atoms with Gasteiger partial charge in [0, 0.05) is 11.4 Å². The highest BCUT2D eigenvalue weighted by Crippen LogP contribution is 2.24. The smallest absolute Gasteiger partial charge is 0.122 e. The maximum Gasteiger partial charge on any atom is 0.122 e. The summed E-state index contributed by atoms with van der Waals surface area (Å²) in [5.41, 5.74) is 1.08. The second kappa shape index (κ2) is 5.57. The maximum absolute atomic E-state index is 5.89. The van der Waals surface area contributed by atoms with Crippen molar-refractivity contribution in [2.45, 2.75) is 19.8 Å². The zero-order chi connectivity index (χ0) is 10.4. The Morgan fingerprint density at radius 1 is 1.50 bits per heavy atom. The molecule has 14 heavy (non-hydrogen) atoms. The monoisotopic (exact) mass is 208 g/mol. The number of rotatable bonds is 4. The zero-order valence-electron chi connectivity index (χ0n) is 8.22. The molecule has 2 heteroatoms. The molecule has 0 atom stereocenters. The molecule has 0 aliphatic carbocycles. The minimum atomic E-state index is 0.657. The lowest BCUT2D eigenvalue weighted by atomic mass is 10.1. The first-order valence-corrected chi connectivity index (χ1v) is 5.00. The fourth-order valence-corrected chi connectivity index (χ4v) is 1.44. The molecular weight excluding hydrogens is 196 g/mol. The second-order valence-electron chi connectivity index (χ2n) is 2.89. The molecule has 0 saturated carbocycles. The molecule has 0 heterocycles. The average Bonchev–Trinajstić information content (AvgIpc) is 2.18. The molecule has 0 amide bonds. The number of halogens is 1. The molecular formula is C12H13ClO. The summed E-state index contributed by atoms with van der Waals surface area (Å²) < 4.78 is 5.46. The van der Waals surface area contributed by atoms with Crippen molar-refractivity contribution in [2.24, 2.45) is 0 Å². The number of aryl methyl sites for hydroxylation is 1. The Labute approximate surface area is 90.0 Å². The van der Waals surface area contributed by atoms with Gasteiger partial charge in [0.25, 0.3) is 0 Å². The SMILES string of the molecule is C#CCCc1cc(Cl)ccc1OCC. The van der Waals surface area contributed by atoms with Crippen molar-refractivity contribution in [3.63, 3.8) is 0 Å². The van der Waals surface area contributed by atoms with Crippen LogP contribution >= 0.6 is 11.6 Å². The highest BCUT2D eigenvalue weighted by Gasteiger charge is 2.03. The second-order valence-corrected chi connectivity index (χ2v) is 3.33. The highest BCUT2D eigenvalue weighted by molar-refractivity contribution is 6.30. The Morgan fingerprint density at radius 3 is 2.93 bits per heavy atom. The predicted octanol–water partition coefficient (Wildman–Crippen LogP) is 3.30. The van der Waals surface area contributed by atoms with Crippen LogP contribution in [0.5, 0.6) is 5.75 Å². The first-order chi connectivity index (χ1) is 6.77. The van der Waals surface area contributed by atoms with Gasteiger partial charge in [-0.25, -0.2) is 0 Å². The average molecular weight is 209 g/mol. The third-order valence-corrected chi connectivity index (χ3v) is 2.10. The van der Waals surface area contributed by atoms with E-state index in [-0.39, 0.29) is 0 Å². The van der Waals surface area contributed by atoms with Crippen LogP contribution in [0.15, 0.2) is 18.2 Å². The lowest BCUT2D eigenvalue weighted by Crippen LogP contribution is -1.96. The molecule has 0 spiro atoms. The van der Waals surface area contributed by atoms with Gasteiger partial charge in [0.2, 0.25) is 0 Å². The van der Waals surface area contributed by atoms with Crippen molar-refractivity contribution in [3.8, 4) is 18.1 Å². The molecule has 0 aliphatic rings. The van der Waals surface area contributed by atoms with Gasteiger partial charge in [-0.2, -0.15) is 0 Å². The van der Waals surface area contributed by atoms with Gasteiger partial charge < -0.3 is 4.74 Å². The van der Waals surface area contributed by atoms with E-state index in [0.717, 1.165) is 22.8 Å². The van der Waals surface area contributed by atoms with Crippen LogP contribution in [0.25, 0.3) is 0 Å². The van der Waals surface area contributed by atoms with E-state index in [1.54, 1.807) is 0 Å². The van der Waals surface area contributed by atoms with E-state index in [1.807, 2.05) is 25.1 Å². The minimum absolute atomic E-state index is 0.657. The van der Waals surface area contributed by atoms with Crippen LogP contribution < -0.4 is 4.74 Å². The molecule has 0 bridgehead atoms. The first-order valence-electron chi connectivity index (χ1n) is 4.62. The van der Waals surface area contributed by atoms with Gasteiger partial charge in [0.15, 0.2) is 0 Å². The minimum Gasteiger partial charge on any atom is -0.494 e. The van der Waals surface area contributed by atoms with Crippen LogP contribution in [0.4, 0.5) is 0 Å². The Balaban J connectivity index is 2.86. The van der Waals surface area contributed by atoms with E-state index >= 15 is 0 Å². The fourth-order valence-electron chi connectivity index (χ4n) is 1.25. The Kier molecular flexibility index (Phi) is 4.35. The van der Waals surface area contributed by atoms with E-state index in [9.17, 15) is 0 Å². The van der Waals surface area contributed by atoms with E-state index < -0.39 is 0 Å². The topological polar surface area (TPSA) is 9.23 Å². The predicted molar refractivity (Wildman–Crippen MR) is 59.8 cm³/mol. The lowest BCUT2D eigenvalue weighted by Gasteiger charge is -2.09. The Morgan fingerprint density at radius 2 is 2.29 bits per heavy atom.